The van der Waals surface area contributed by atoms with Crippen LogP contribution in [0, 0.1) is 5.92 Å². The zero-order valence-corrected chi connectivity index (χ0v) is 11.2. The second-order valence-electron chi connectivity index (χ2n) is 5.86. The van der Waals surface area contributed by atoms with Crippen molar-refractivity contribution in [2.45, 2.75) is 57.9 Å². The first-order chi connectivity index (χ1) is 8.16. The smallest absolute Gasteiger partial charge is 0.0698 e. The van der Waals surface area contributed by atoms with Crippen LogP contribution in [0.4, 0.5) is 0 Å². The summed E-state index contributed by atoms with van der Waals surface area (Å²) in [7, 11) is 0. The van der Waals surface area contributed by atoms with Crippen molar-refractivity contribution in [1.29, 1.82) is 0 Å². The van der Waals surface area contributed by atoms with Crippen LogP contribution in [0.15, 0.2) is 12.3 Å². The van der Waals surface area contributed by atoms with E-state index in [1.165, 1.54) is 37.8 Å². The van der Waals surface area contributed by atoms with Crippen molar-refractivity contribution < 1.29 is 0 Å². The third kappa shape index (κ3) is 2.71. The Labute approximate surface area is 104 Å². The van der Waals surface area contributed by atoms with Crippen LogP contribution in [0.2, 0.25) is 0 Å². The molecule has 0 aliphatic heterocycles. The third-order valence-electron chi connectivity index (χ3n) is 3.94. The van der Waals surface area contributed by atoms with Gasteiger partial charge in [0, 0.05) is 24.7 Å². The van der Waals surface area contributed by atoms with Crippen molar-refractivity contribution >= 4 is 0 Å². The topological polar surface area (TPSA) is 43.8 Å². The molecule has 17 heavy (non-hydrogen) atoms. The van der Waals surface area contributed by atoms with Crippen LogP contribution in [0.1, 0.15) is 51.6 Å². The highest BCUT2D eigenvalue weighted by atomic mass is 15.3. The van der Waals surface area contributed by atoms with E-state index >= 15 is 0 Å². The molecule has 1 fully saturated rings. The van der Waals surface area contributed by atoms with Gasteiger partial charge >= 0.3 is 0 Å². The standard InChI is InChI=1S/C14H25N3/c1-12(2)10-17-9-6-13(16-17)14(11-15)7-4-3-5-8-14/h6,9,12H,3-5,7-8,10-11,15H2,1-2H3. The van der Waals surface area contributed by atoms with E-state index in [0.717, 1.165) is 13.1 Å². The molecule has 0 unspecified atom stereocenters. The lowest BCUT2D eigenvalue weighted by molar-refractivity contribution is 0.290. The van der Waals surface area contributed by atoms with Gasteiger partial charge in [-0.2, -0.15) is 5.10 Å². The van der Waals surface area contributed by atoms with Gasteiger partial charge in [0.25, 0.3) is 0 Å². The molecule has 0 aromatic carbocycles. The van der Waals surface area contributed by atoms with Gasteiger partial charge < -0.3 is 5.73 Å². The van der Waals surface area contributed by atoms with E-state index in [1.807, 2.05) is 0 Å². The quantitative estimate of drug-likeness (QED) is 0.872. The average molecular weight is 235 g/mol. The van der Waals surface area contributed by atoms with Crippen molar-refractivity contribution in [2.24, 2.45) is 11.7 Å². The normalized spacial score (nSPS) is 19.8. The summed E-state index contributed by atoms with van der Waals surface area (Å²) in [5, 5.41) is 4.75. The van der Waals surface area contributed by atoms with Gasteiger partial charge in [-0.25, -0.2) is 0 Å². The lowest BCUT2D eigenvalue weighted by Crippen LogP contribution is -2.37. The van der Waals surface area contributed by atoms with Gasteiger partial charge in [-0.05, 0) is 24.8 Å². The largest absolute Gasteiger partial charge is 0.330 e. The molecule has 1 aliphatic carbocycles. The van der Waals surface area contributed by atoms with Crippen LogP contribution >= 0.6 is 0 Å². The Bertz CT molecular complexity index is 348. The van der Waals surface area contributed by atoms with Crippen LogP contribution in [-0.4, -0.2) is 16.3 Å². The Morgan fingerprint density at radius 3 is 2.65 bits per heavy atom. The summed E-state index contributed by atoms with van der Waals surface area (Å²) in [5.74, 6) is 0.642. The summed E-state index contributed by atoms with van der Waals surface area (Å²) < 4.78 is 2.08. The first-order valence-corrected chi connectivity index (χ1v) is 6.90. The van der Waals surface area contributed by atoms with Crippen LogP contribution < -0.4 is 5.73 Å². The molecule has 0 spiro atoms. The molecule has 2 N–H and O–H groups in total. The molecule has 1 heterocycles. The maximum atomic E-state index is 6.03. The van der Waals surface area contributed by atoms with E-state index in [-0.39, 0.29) is 5.41 Å². The van der Waals surface area contributed by atoms with Crippen LogP contribution in [0.3, 0.4) is 0 Å². The van der Waals surface area contributed by atoms with E-state index in [2.05, 4.69) is 30.8 Å². The molecule has 2 rings (SSSR count). The van der Waals surface area contributed by atoms with E-state index < -0.39 is 0 Å². The van der Waals surface area contributed by atoms with E-state index in [1.54, 1.807) is 0 Å². The summed E-state index contributed by atoms with van der Waals surface area (Å²) >= 11 is 0. The van der Waals surface area contributed by atoms with Crippen molar-refractivity contribution in [3.05, 3.63) is 18.0 Å². The van der Waals surface area contributed by atoms with Gasteiger partial charge in [0.1, 0.15) is 0 Å². The van der Waals surface area contributed by atoms with Crippen LogP contribution in [0.25, 0.3) is 0 Å². The zero-order valence-electron chi connectivity index (χ0n) is 11.2. The fourth-order valence-electron chi connectivity index (χ4n) is 2.91. The first kappa shape index (κ1) is 12.6. The fraction of sp³-hybridized carbons (Fsp3) is 0.786. The fourth-order valence-corrected chi connectivity index (χ4v) is 2.91. The molecule has 0 saturated heterocycles. The zero-order chi connectivity index (χ0) is 12.3. The predicted octanol–water partition coefficient (Wildman–Crippen LogP) is 2.70. The predicted molar refractivity (Wildman–Crippen MR) is 70.9 cm³/mol. The first-order valence-electron chi connectivity index (χ1n) is 6.90. The highest BCUT2D eigenvalue weighted by Gasteiger charge is 2.34. The Balaban J connectivity index is 2.16. The molecule has 3 heteroatoms. The minimum atomic E-state index is 0.167. The maximum absolute atomic E-state index is 6.03. The molecular formula is C14H25N3. The molecule has 3 nitrogen and oxygen atoms in total. The molecule has 0 radical (unpaired) electrons. The number of rotatable bonds is 4. The van der Waals surface area contributed by atoms with Gasteiger partial charge in [-0.1, -0.05) is 33.1 Å². The summed E-state index contributed by atoms with van der Waals surface area (Å²) in [5.41, 5.74) is 7.42. The van der Waals surface area contributed by atoms with Gasteiger partial charge in [0.2, 0.25) is 0 Å². The van der Waals surface area contributed by atoms with Crippen molar-refractivity contribution in [2.75, 3.05) is 6.54 Å². The van der Waals surface area contributed by atoms with Gasteiger partial charge in [0.05, 0.1) is 5.69 Å². The summed E-state index contributed by atoms with van der Waals surface area (Å²) in [4.78, 5) is 0. The number of hydrogen-bond acceptors (Lipinski definition) is 2. The van der Waals surface area contributed by atoms with Crippen LogP contribution in [0.5, 0.6) is 0 Å². The molecule has 0 atom stereocenters. The number of nitrogens with zero attached hydrogens (tertiary/aromatic N) is 2. The average Bonchev–Trinajstić information content (AvgIpc) is 2.78. The lowest BCUT2D eigenvalue weighted by atomic mass is 9.72. The van der Waals surface area contributed by atoms with E-state index in [4.69, 9.17) is 10.8 Å². The molecule has 1 aromatic rings. The van der Waals surface area contributed by atoms with Crippen molar-refractivity contribution in [3.8, 4) is 0 Å². The Kier molecular flexibility index (Phi) is 3.87. The molecule has 0 bridgehead atoms. The van der Waals surface area contributed by atoms with E-state index in [9.17, 15) is 0 Å². The maximum Gasteiger partial charge on any atom is 0.0698 e. The second-order valence-corrected chi connectivity index (χ2v) is 5.86. The summed E-state index contributed by atoms with van der Waals surface area (Å²) in [6.07, 6.45) is 8.49. The van der Waals surface area contributed by atoms with Crippen molar-refractivity contribution in [1.82, 2.24) is 9.78 Å². The lowest BCUT2D eigenvalue weighted by Gasteiger charge is -2.34. The monoisotopic (exact) mass is 235 g/mol. The molecule has 0 amide bonds. The third-order valence-corrected chi connectivity index (χ3v) is 3.94. The number of aromatic nitrogens is 2. The molecule has 96 valence electrons. The Hall–Kier alpha value is -0.830. The van der Waals surface area contributed by atoms with Crippen molar-refractivity contribution in [3.63, 3.8) is 0 Å². The minimum absolute atomic E-state index is 0.167. The Morgan fingerprint density at radius 2 is 2.06 bits per heavy atom. The molecule has 1 aliphatic rings. The highest BCUT2D eigenvalue weighted by Crippen LogP contribution is 2.37. The minimum Gasteiger partial charge on any atom is -0.330 e. The number of nitrogens with two attached hydrogens (primary N) is 1. The van der Waals surface area contributed by atoms with Crippen LogP contribution in [-0.2, 0) is 12.0 Å². The molecule has 1 saturated carbocycles. The molecule has 1 aromatic heterocycles. The van der Waals surface area contributed by atoms with Gasteiger partial charge in [-0.3, -0.25) is 4.68 Å². The Morgan fingerprint density at radius 1 is 1.35 bits per heavy atom. The second kappa shape index (κ2) is 5.21. The number of hydrogen-bond donors (Lipinski definition) is 1. The molecular weight excluding hydrogens is 210 g/mol. The highest BCUT2D eigenvalue weighted by molar-refractivity contribution is 5.17. The van der Waals surface area contributed by atoms with Gasteiger partial charge in [0.15, 0.2) is 0 Å². The SMILES string of the molecule is CC(C)Cn1ccc(C2(CN)CCCCC2)n1. The summed E-state index contributed by atoms with van der Waals surface area (Å²) in [6, 6.07) is 2.18. The van der Waals surface area contributed by atoms with E-state index in [0.29, 0.717) is 5.92 Å². The van der Waals surface area contributed by atoms with Gasteiger partial charge in [-0.15, -0.1) is 0 Å². The summed E-state index contributed by atoms with van der Waals surface area (Å²) in [6.45, 7) is 6.19.